The molecule has 21 heavy (non-hydrogen) atoms. The third-order valence-corrected chi connectivity index (χ3v) is 4.30. The molecule has 2 atom stereocenters. The first-order chi connectivity index (χ1) is 10.0. The highest BCUT2D eigenvalue weighted by atomic mass is 35.5. The monoisotopic (exact) mass is 323 g/mol. The van der Waals surface area contributed by atoms with E-state index in [1.54, 1.807) is 6.07 Å². The van der Waals surface area contributed by atoms with Gasteiger partial charge in [-0.05, 0) is 37.2 Å². The van der Waals surface area contributed by atoms with Crippen LogP contribution in [0.4, 0.5) is 0 Å². The summed E-state index contributed by atoms with van der Waals surface area (Å²) in [4.78, 5) is 0. The van der Waals surface area contributed by atoms with Crippen LogP contribution >= 0.6 is 23.2 Å². The van der Waals surface area contributed by atoms with Crippen LogP contribution in [0.15, 0.2) is 42.5 Å². The maximum atomic E-state index is 10.7. The summed E-state index contributed by atoms with van der Waals surface area (Å²) in [7, 11) is 1.87. The zero-order chi connectivity index (χ0) is 15.4. The highest BCUT2D eigenvalue weighted by Crippen LogP contribution is 2.34. The lowest BCUT2D eigenvalue weighted by Crippen LogP contribution is -2.23. The smallest absolute Gasteiger partial charge is 0.0870 e. The van der Waals surface area contributed by atoms with Crippen LogP contribution in [0.5, 0.6) is 0 Å². The predicted octanol–water partition coefficient (Wildman–Crippen LogP) is 4.34. The second-order valence-corrected chi connectivity index (χ2v) is 6.01. The number of nitrogens with one attached hydrogen (secondary N) is 1. The van der Waals surface area contributed by atoms with Crippen molar-refractivity contribution in [1.29, 1.82) is 0 Å². The SMILES string of the molecule is CNCC(c1ccc(Cl)c(Cl)c1)[C@@H](O)c1cccc(C)c1. The summed E-state index contributed by atoms with van der Waals surface area (Å²) in [5.41, 5.74) is 3.00. The summed E-state index contributed by atoms with van der Waals surface area (Å²) in [6, 6.07) is 13.4. The molecule has 0 spiro atoms. The molecule has 0 amide bonds. The molecule has 0 aliphatic carbocycles. The Morgan fingerprint density at radius 3 is 2.43 bits per heavy atom. The van der Waals surface area contributed by atoms with Crippen LogP contribution in [0, 0.1) is 6.92 Å². The van der Waals surface area contributed by atoms with Gasteiger partial charge in [-0.2, -0.15) is 0 Å². The molecule has 1 unspecified atom stereocenters. The van der Waals surface area contributed by atoms with Crippen molar-refractivity contribution in [2.24, 2.45) is 0 Å². The number of likely N-dealkylation sites (N-methyl/N-ethyl adjacent to an activating group) is 1. The lowest BCUT2D eigenvalue weighted by atomic mass is 9.88. The Hall–Kier alpha value is -1.06. The minimum absolute atomic E-state index is 0.0911. The number of hydrogen-bond acceptors (Lipinski definition) is 2. The molecule has 2 nitrogen and oxygen atoms in total. The van der Waals surface area contributed by atoms with Gasteiger partial charge in [0, 0.05) is 12.5 Å². The predicted molar refractivity (Wildman–Crippen MR) is 89.3 cm³/mol. The van der Waals surface area contributed by atoms with Gasteiger partial charge in [0.1, 0.15) is 0 Å². The highest BCUT2D eigenvalue weighted by Gasteiger charge is 2.23. The van der Waals surface area contributed by atoms with Gasteiger partial charge in [-0.25, -0.2) is 0 Å². The Labute approximate surface area is 135 Å². The van der Waals surface area contributed by atoms with Gasteiger partial charge in [0.05, 0.1) is 16.1 Å². The zero-order valence-corrected chi connectivity index (χ0v) is 13.6. The molecule has 0 aromatic heterocycles. The molecule has 0 aliphatic heterocycles. The second-order valence-electron chi connectivity index (χ2n) is 5.20. The van der Waals surface area contributed by atoms with Crippen LogP contribution in [-0.2, 0) is 0 Å². The molecule has 2 aromatic rings. The number of benzene rings is 2. The van der Waals surface area contributed by atoms with E-state index in [9.17, 15) is 5.11 Å². The van der Waals surface area contributed by atoms with Crippen molar-refractivity contribution < 1.29 is 5.11 Å². The lowest BCUT2D eigenvalue weighted by molar-refractivity contribution is 0.144. The van der Waals surface area contributed by atoms with Gasteiger partial charge in [0.15, 0.2) is 0 Å². The number of aliphatic hydroxyl groups excluding tert-OH is 1. The Morgan fingerprint density at radius 1 is 1.05 bits per heavy atom. The van der Waals surface area contributed by atoms with Crippen LogP contribution in [0.3, 0.4) is 0 Å². The number of aryl methyl sites for hydroxylation is 1. The van der Waals surface area contributed by atoms with Gasteiger partial charge in [0.25, 0.3) is 0 Å². The van der Waals surface area contributed by atoms with E-state index in [0.717, 1.165) is 16.7 Å². The zero-order valence-electron chi connectivity index (χ0n) is 12.1. The van der Waals surface area contributed by atoms with Crippen LogP contribution in [0.1, 0.15) is 28.7 Å². The fraction of sp³-hybridized carbons (Fsp3) is 0.294. The van der Waals surface area contributed by atoms with Gasteiger partial charge in [-0.15, -0.1) is 0 Å². The normalized spacial score (nSPS) is 14.0. The van der Waals surface area contributed by atoms with Crippen molar-refractivity contribution in [3.8, 4) is 0 Å². The third kappa shape index (κ3) is 3.98. The van der Waals surface area contributed by atoms with E-state index in [4.69, 9.17) is 23.2 Å². The van der Waals surface area contributed by atoms with E-state index in [1.165, 1.54) is 0 Å². The first kappa shape index (κ1) is 16.3. The molecule has 4 heteroatoms. The quantitative estimate of drug-likeness (QED) is 0.857. The molecule has 112 valence electrons. The standard InChI is InChI=1S/C17H19Cl2NO/c1-11-4-3-5-13(8-11)17(21)14(10-20-2)12-6-7-15(18)16(19)9-12/h3-9,14,17,20-21H,10H2,1-2H3/t14?,17-/m0/s1. The van der Waals surface area contributed by atoms with Crippen LogP contribution in [-0.4, -0.2) is 18.7 Å². The molecule has 0 heterocycles. The molecule has 2 rings (SSSR count). The minimum Gasteiger partial charge on any atom is -0.388 e. The topological polar surface area (TPSA) is 32.3 Å². The number of hydrogen-bond donors (Lipinski definition) is 2. The number of rotatable bonds is 5. The van der Waals surface area contributed by atoms with Crippen LogP contribution in [0.2, 0.25) is 10.0 Å². The number of halogens is 2. The Morgan fingerprint density at radius 2 is 1.81 bits per heavy atom. The van der Waals surface area contributed by atoms with Gasteiger partial charge >= 0.3 is 0 Å². The van der Waals surface area contributed by atoms with Crippen molar-refractivity contribution in [2.75, 3.05) is 13.6 Å². The molecule has 0 radical (unpaired) electrons. The van der Waals surface area contributed by atoms with Crippen molar-refractivity contribution in [3.63, 3.8) is 0 Å². The molecule has 0 aliphatic rings. The molecular formula is C17H19Cl2NO. The fourth-order valence-corrected chi connectivity index (χ4v) is 2.77. The maximum Gasteiger partial charge on any atom is 0.0870 e. The van der Waals surface area contributed by atoms with E-state index >= 15 is 0 Å². The van der Waals surface area contributed by atoms with Crippen molar-refractivity contribution in [3.05, 3.63) is 69.2 Å². The maximum absolute atomic E-state index is 10.7. The van der Waals surface area contributed by atoms with Crippen molar-refractivity contribution >= 4 is 23.2 Å². The van der Waals surface area contributed by atoms with Crippen LogP contribution < -0.4 is 5.32 Å². The second kappa shape index (κ2) is 7.28. The Balaban J connectivity index is 2.35. The van der Waals surface area contributed by atoms with Crippen molar-refractivity contribution in [2.45, 2.75) is 18.9 Å². The summed E-state index contributed by atoms with van der Waals surface area (Å²) in [5, 5.41) is 14.9. The summed E-state index contributed by atoms with van der Waals surface area (Å²) >= 11 is 12.1. The van der Waals surface area contributed by atoms with Gasteiger partial charge < -0.3 is 10.4 Å². The molecular weight excluding hydrogens is 305 g/mol. The molecule has 0 fully saturated rings. The van der Waals surface area contributed by atoms with E-state index in [2.05, 4.69) is 5.32 Å². The minimum atomic E-state index is -0.602. The van der Waals surface area contributed by atoms with Gasteiger partial charge in [-0.1, -0.05) is 59.1 Å². The first-order valence-corrected chi connectivity index (χ1v) is 7.62. The largest absolute Gasteiger partial charge is 0.388 e. The van der Waals surface area contributed by atoms with E-state index < -0.39 is 6.10 Å². The molecule has 0 bridgehead atoms. The molecule has 0 saturated carbocycles. The highest BCUT2D eigenvalue weighted by molar-refractivity contribution is 6.42. The van der Waals surface area contributed by atoms with Gasteiger partial charge in [-0.3, -0.25) is 0 Å². The first-order valence-electron chi connectivity index (χ1n) is 6.87. The fourth-order valence-electron chi connectivity index (χ4n) is 2.46. The molecule has 0 saturated heterocycles. The summed E-state index contributed by atoms with van der Waals surface area (Å²) in [6.45, 7) is 2.66. The molecule has 2 N–H and O–H groups in total. The lowest BCUT2D eigenvalue weighted by Gasteiger charge is -2.24. The average Bonchev–Trinajstić information content (AvgIpc) is 2.47. The Bertz CT molecular complexity index is 615. The summed E-state index contributed by atoms with van der Waals surface area (Å²) in [5.74, 6) is -0.0911. The average molecular weight is 324 g/mol. The third-order valence-electron chi connectivity index (χ3n) is 3.56. The summed E-state index contributed by atoms with van der Waals surface area (Å²) in [6.07, 6.45) is -0.602. The van der Waals surface area contributed by atoms with E-state index in [1.807, 2.05) is 50.4 Å². The van der Waals surface area contributed by atoms with Crippen molar-refractivity contribution in [1.82, 2.24) is 5.32 Å². The summed E-state index contributed by atoms with van der Waals surface area (Å²) < 4.78 is 0. The molecule has 2 aromatic carbocycles. The van der Waals surface area contributed by atoms with Crippen LogP contribution in [0.25, 0.3) is 0 Å². The van der Waals surface area contributed by atoms with Gasteiger partial charge in [0.2, 0.25) is 0 Å². The Kier molecular flexibility index (Phi) is 5.65. The number of aliphatic hydroxyl groups is 1. The van der Waals surface area contributed by atoms with E-state index in [-0.39, 0.29) is 5.92 Å². The van der Waals surface area contributed by atoms with E-state index in [0.29, 0.717) is 16.6 Å².